The maximum atomic E-state index is 12.5. The minimum absolute atomic E-state index is 0.00275. The molecular weight excluding hydrogens is 324 g/mol. The quantitative estimate of drug-likeness (QED) is 0.914. The van der Waals surface area contributed by atoms with Gasteiger partial charge in [0.2, 0.25) is 0 Å². The van der Waals surface area contributed by atoms with Crippen LogP contribution in [0.2, 0.25) is 0 Å². The van der Waals surface area contributed by atoms with Crippen LogP contribution in [0.15, 0.2) is 36.1 Å². The summed E-state index contributed by atoms with van der Waals surface area (Å²) in [6.45, 7) is 2.38. The van der Waals surface area contributed by atoms with Crippen molar-refractivity contribution in [2.75, 3.05) is 13.2 Å². The molecule has 2 aliphatic rings. The van der Waals surface area contributed by atoms with Gasteiger partial charge in [-0.3, -0.25) is 14.7 Å². The molecule has 0 aromatic carbocycles. The average Bonchev–Trinajstić information content (AvgIpc) is 3.25. The van der Waals surface area contributed by atoms with Crippen molar-refractivity contribution in [1.29, 1.82) is 0 Å². The molecule has 7 heteroatoms. The van der Waals surface area contributed by atoms with Gasteiger partial charge in [0, 0.05) is 43.2 Å². The SMILES string of the molecule is O=C(N[C@@H]1CN(Cc2nccs2)[C@H]2CCCO[C@@H]12)c1cccnc1. The molecule has 3 atom stereocenters. The molecule has 2 aromatic rings. The zero-order chi connectivity index (χ0) is 16.4. The summed E-state index contributed by atoms with van der Waals surface area (Å²) in [5.74, 6) is -0.0860. The molecule has 2 aliphatic heterocycles. The van der Waals surface area contributed by atoms with Crippen LogP contribution in [0.5, 0.6) is 0 Å². The lowest BCUT2D eigenvalue weighted by Gasteiger charge is -2.32. The summed E-state index contributed by atoms with van der Waals surface area (Å²) in [5.41, 5.74) is 0.586. The molecule has 0 radical (unpaired) electrons. The Morgan fingerprint density at radius 1 is 1.46 bits per heavy atom. The highest BCUT2D eigenvalue weighted by Crippen LogP contribution is 2.30. The molecule has 0 aliphatic carbocycles. The lowest BCUT2D eigenvalue weighted by Crippen LogP contribution is -2.47. The van der Waals surface area contributed by atoms with Crippen molar-refractivity contribution in [3.05, 3.63) is 46.7 Å². The molecular formula is C17H20N4O2S. The number of carbonyl (C=O) groups is 1. The number of likely N-dealkylation sites (tertiary alicyclic amines) is 1. The van der Waals surface area contributed by atoms with Gasteiger partial charge in [-0.1, -0.05) is 0 Å². The second-order valence-electron chi connectivity index (χ2n) is 6.22. The van der Waals surface area contributed by atoms with Gasteiger partial charge < -0.3 is 10.1 Å². The van der Waals surface area contributed by atoms with Gasteiger partial charge >= 0.3 is 0 Å². The van der Waals surface area contributed by atoms with Crippen LogP contribution in [0.25, 0.3) is 0 Å². The largest absolute Gasteiger partial charge is 0.374 e. The summed E-state index contributed by atoms with van der Waals surface area (Å²) in [7, 11) is 0. The van der Waals surface area contributed by atoms with E-state index < -0.39 is 0 Å². The summed E-state index contributed by atoms with van der Waals surface area (Å²) in [6.07, 6.45) is 7.33. The fourth-order valence-corrected chi connectivity index (χ4v) is 4.26. The Bertz CT molecular complexity index is 679. The van der Waals surface area contributed by atoms with E-state index in [9.17, 15) is 4.79 Å². The van der Waals surface area contributed by atoms with E-state index in [1.165, 1.54) is 0 Å². The second-order valence-corrected chi connectivity index (χ2v) is 7.20. The normalized spacial score (nSPS) is 26.9. The number of ether oxygens (including phenoxy) is 1. The van der Waals surface area contributed by atoms with Gasteiger partial charge in [-0.15, -0.1) is 11.3 Å². The van der Waals surface area contributed by atoms with Crippen molar-refractivity contribution in [3.8, 4) is 0 Å². The zero-order valence-electron chi connectivity index (χ0n) is 13.3. The molecule has 6 nitrogen and oxygen atoms in total. The number of pyridine rings is 1. The Balaban J connectivity index is 1.47. The summed E-state index contributed by atoms with van der Waals surface area (Å²) in [6, 6.07) is 3.91. The molecule has 2 saturated heterocycles. The van der Waals surface area contributed by atoms with Gasteiger partial charge in [-0.05, 0) is 25.0 Å². The van der Waals surface area contributed by atoms with Gasteiger partial charge in [0.25, 0.3) is 5.91 Å². The molecule has 0 saturated carbocycles. The summed E-state index contributed by atoms with van der Waals surface area (Å²) >= 11 is 1.67. The predicted octanol–water partition coefficient (Wildman–Crippen LogP) is 1.70. The van der Waals surface area contributed by atoms with E-state index in [1.807, 2.05) is 11.6 Å². The van der Waals surface area contributed by atoms with E-state index in [2.05, 4.69) is 20.2 Å². The molecule has 2 fully saturated rings. The van der Waals surface area contributed by atoms with E-state index in [4.69, 9.17) is 4.74 Å². The molecule has 4 heterocycles. The number of amides is 1. The minimum atomic E-state index is -0.0860. The molecule has 24 heavy (non-hydrogen) atoms. The van der Waals surface area contributed by atoms with Crippen LogP contribution in [0.3, 0.4) is 0 Å². The standard InChI is InChI=1S/C17H20N4O2S/c22-17(12-3-1-5-18-9-12)20-13-10-21(11-15-19-6-8-24-15)14-4-2-7-23-16(13)14/h1,3,5-6,8-9,13-14,16H,2,4,7,10-11H2,(H,20,22)/t13-,14+,16+/m1/s1. The number of nitrogens with zero attached hydrogens (tertiary/aromatic N) is 3. The van der Waals surface area contributed by atoms with Crippen molar-refractivity contribution < 1.29 is 9.53 Å². The first-order valence-electron chi connectivity index (χ1n) is 8.26. The molecule has 4 rings (SSSR count). The van der Waals surface area contributed by atoms with Crippen molar-refractivity contribution in [3.63, 3.8) is 0 Å². The molecule has 2 aromatic heterocycles. The summed E-state index contributed by atoms with van der Waals surface area (Å²) in [4.78, 5) is 23.3. The Morgan fingerprint density at radius 2 is 2.42 bits per heavy atom. The lowest BCUT2D eigenvalue weighted by atomic mass is 10.0. The molecule has 0 bridgehead atoms. The van der Waals surface area contributed by atoms with Crippen LogP contribution >= 0.6 is 11.3 Å². The summed E-state index contributed by atoms with van der Waals surface area (Å²) in [5, 5.41) is 6.25. The van der Waals surface area contributed by atoms with Gasteiger partial charge in [-0.25, -0.2) is 4.98 Å². The van der Waals surface area contributed by atoms with Crippen LogP contribution < -0.4 is 5.32 Å². The van der Waals surface area contributed by atoms with Crippen LogP contribution in [0, 0.1) is 0 Å². The monoisotopic (exact) mass is 344 g/mol. The number of hydrogen-bond donors (Lipinski definition) is 1. The number of hydrogen-bond acceptors (Lipinski definition) is 6. The van der Waals surface area contributed by atoms with Crippen LogP contribution in [0.4, 0.5) is 0 Å². The molecule has 0 unspecified atom stereocenters. The number of fused-ring (bicyclic) bond motifs is 1. The third-order valence-corrected chi connectivity index (χ3v) is 5.46. The van der Waals surface area contributed by atoms with E-state index in [1.54, 1.807) is 35.9 Å². The first kappa shape index (κ1) is 15.7. The highest BCUT2D eigenvalue weighted by molar-refractivity contribution is 7.09. The van der Waals surface area contributed by atoms with Crippen molar-refractivity contribution in [2.24, 2.45) is 0 Å². The lowest BCUT2D eigenvalue weighted by molar-refractivity contribution is -0.0211. The van der Waals surface area contributed by atoms with Crippen LogP contribution in [0.1, 0.15) is 28.2 Å². The fraction of sp³-hybridized carbons (Fsp3) is 0.471. The first-order chi connectivity index (χ1) is 11.8. The van der Waals surface area contributed by atoms with E-state index >= 15 is 0 Å². The number of aromatic nitrogens is 2. The number of thiazole rings is 1. The maximum Gasteiger partial charge on any atom is 0.253 e. The predicted molar refractivity (Wildman–Crippen MR) is 90.8 cm³/mol. The van der Waals surface area contributed by atoms with Gasteiger partial charge in [0.15, 0.2) is 0 Å². The molecule has 0 spiro atoms. The maximum absolute atomic E-state index is 12.5. The van der Waals surface area contributed by atoms with E-state index in [0.717, 1.165) is 37.5 Å². The molecule has 1 amide bonds. The van der Waals surface area contributed by atoms with Crippen molar-refractivity contribution in [2.45, 2.75) is 37.6 Å². The Hall–Kier alpha value is -1.83. The van der Waals surface area contributed by atoms with Crippen molar-refractivity contribution >= 4 is 17.2 Å². The van der Waals surface area contributed by atoms with Gasteiger partial charge in [0.05, 0.1) is 24.3 Å². The summed E-state index contributed by atoms with van der Waals surface area (Å²) < 4.78 is 6.01. The van der Waals surface area contributed by atoms with Crippen LogP contribution in [-0.2, 0) is 11.3 Å². The third-order valence-electron chi connectivity index (χ3n) is 4.69. The van der Waals surface area contributed by atoms with E-state index in [0.29, 0.717) is 11.6 Å². The van der Waals surface area contributed by atoms with Crippen LogP contribution in [-0.4, -0.2) is 52.1 Å². The average molecular weight is 344 g/mol. The molecule has 126 valence electrons. The topological polar surface area (TPSA) is 67.4 Å². The Labute approximate surface area is 144 Å². The van der Waals surface area contributed by atoms with Crippen molar-refractivity contribution in [1.82, 2.24) is 20.2 Å². The number of rotatable bonds is 4. The second kappa shape index (κ2) is 6.96. The highest BCUT2D eigenvalue weighted by Gasteiger charge is 2.44. The third kappa shape index (κ3) is 3.19. The molecule has 1 N–H and O–H groups in total. The first-order valence-corrected chi connectivity index (χ1v) is 9.14. The zero-order valence-corrected chi connectivity index (χ0v) is 14.1. The number of carbonyl (C=O) groups excluding carboxylic acids is 1. The Kier molecular flexibility index (Phi) is 4.55. The number of nitrogens with one attached hydrogen (secondary N) is 1. The fourth-order valence-electron chi connectivity index (χ4n) is 3.62. The van der Waals surface area contributed by atoms with Gasteiger partial charge in [0.1, 0.15) is 5.01 Å². The Morgan fingerprint density at radius 3 is 3.21 bits per heavy atom. The van der Waals surface area contributed by atoms with Gasteiger partial charge in [-0.2, -0.15) is 0 Å². The smallest absolute Gasteiger partial charge is 0.253 e. The highest BCUT2D eigenvalue weighted by atomic mass is 32.1. The van der Waals surface area contributed by atoms with E-state index in [-0.39, 0.29) is 18.1 Å². The minimum Gasteiger partial charge on any atom is -0.374 e.